The number of amides is 1. The maximum atomic E-state index is 11.4. The van der Waals surface area contributed by atoms with Crippen molar-refractivity contribution < 1.29 is 9.21 Å². The molecule has 0 atom stereocenters. The van der Waals surface area contributed by atoms with Gasteiger partial charge in [0.15, 0.2) is 0 Å². The van der Waals surface area contributed by atoms with E-state index in [9.17, 15) is 4.79 Å². The minimum Gasteiger partial charge on any atom is -0.411 e. The zero-order chi connectivity index (χ0) is 16.2. The van der Waals surface area contributed by atoms with Gasteiger partial charge in [-0.2, -0.15) is 0 Å². The number of aromatic nitrogens is 2. The van der Waals surface area contributed by atoms with Crippen LogP contribution in [0.1, 0.15) is 33.3 Å². The van der Waals surface area contributed by atoms with Crippen molar-refractivity contribution in [2.75, 3.05) is 12.3 Å². The molecular weight excluding hydrogens is 298 g/mol. The van der Waals surface area contributed by atoms with E-state index >= 15 is 0 Å². The van der Waals surface area contributed by atoms with Gasteiger partial charge in [0.25, 0.3) is 5.22 Å². The summed E-state index contributed by atoms with van der Waals surface area (Å²) in [6, 6.07) is 8.10. The number of carbonyl (C=O) groups excluding carboxylic acids is 1. The second kappa shape index (κ2) is 6.96. The summed E-state index contributed by atoms with van der Waals surface area (Å²) in [5.41, 5.74) is 2.24. The molecule has 1 aromatic carbocycles. The van der Waals surface area contributed by atoms with Gasteiger partial charge in [-0.15, -0.1) is 10.2 Å². The molecule has 1 aromatic heterocycles. The lowest BCUT2D eigenvalue weighted by Crippen LogP contribution is -2.24. The van der Waals surface area contributed by atoms with Crippen LogP contribution in [-0.2, 0) is 10.2 Å². The van der Waals surface area contributed by atoms with Crippen LogP contribution in [0.25, 0.3) is 11.5 Å². The third-order valence-electron chi connectivity index (χ3n) is 3.11. The van der Waals surface area contributed by atoms with Gasteiger partial charge in [0, 0.05) is 12.1 Å². The Morgan fingerprint density at radius 1 is 1.23 bits per heavy atom. The predicted octanol–water partition coefficient (Wildman–Crippen LogP) is 3.26. The number of nitrogens with one attached hydrogen (secondary N) is 1. The van der Waals surface area contributed by atoms with E-state index < -0.39 is 0 Å². The zero-order valence-electron chi connectivity index (χ0n) is 13.3. The minimum atomic E-state index is -0.0400. The normalized spacial score (nSPS) is 11.5. The second-order valence-electron chi connectivity index (χ2n) is 5.94. The van der Waals surface area contributed by atoms with E-state index in [1.54, 1.807) is 0 Å². The summed E-state index contributed by atoms with van der Waals surface area (Å²) < 4.78 is 5.58. The highest BCUT2D eigenvalue weighted by Gasteiger charge is 2.15. The van der Waals surface area contributed by atoms with Gasteiger partial charge in [-0.1, -0.05) is 44.7 Å². The molecule has 5 nitrogen and oxygen atoms in total. The number of carbonyl (C=O) groups is 1. The van der Waals surface area contributed by atoms with Crippen molar-refractivity contribution in [1.29, 1.82) is 0 Å². The van der Waals surface area contributed by atoms with Gasteiger partial charge in [0.1, 0.15) is 0 Å². The lowest BCUT2D eigenvalue weighted by Gasteiger charge is -2.18. The Balaban J connectivity index is 2.03. The van der Waals surface area contributed by atoms with Crippen molar-refractivity contribution in [1.82, 2.24) is 15.5 Å². The molecule has 0 saturated heterocycles. The molecule has 0 aliphatic rings. The molecule has 0 fully saturated rings. The maximum absolute atomic E-state index is 11.4. The molecule has 0 aliphatic carbocycles. The fourth-order valence-electron chi connectivity index (χ4n) is 1.87. The highest BCUT2D eigenvalue weighted by molar-refractivity contribution is 7.99. The third-order valence-corrected chi connectivity index (χ3v) is 3.92. The first-order valence-electron chi connectivity index (χ1n) is 7.24. The fourth-order valence-corrected chi connectivity index (χ4v) is 2.47. The first-order chi connectivity index (χ1) is 10.4. The summed E-state index contributed by atoms with van der Waals surface area (Å²) in [6.45, 7) is 9.02. The number of benzene rings is 1. The van der Waals surface area contributed by atoms with Crippen molar-refractivity contribution in [2.45, 2.75) is 38.3 Å². The van der Waals surface area contributed by atoms with E-state index in [-0.39, 0.29) is 17.1 Å². The summed E-state index contributed by atoms with van der Waals surface area (Å²) in [5, 5.41) is 11.1. The van der Waals surface area contributed by atoms with Gasteiger partial charge in [-0.25, -0.2) is 0 Å². The van der Waals surface area contributed by atoms with Crippen molar-refractivity contribution in [3.63, 3.8) is 0 Å². The Bertz CT molecular complexity index is 630. The first kappa shape index (κ1) is 16.5. The van der Waals surface area contributed by atoms with Crippen LogP contribution < -0.4 is 5.32 Å². The quantitative estimate of drug-likeness (QED) is 0.857. The van der Waals surface area contributed by atoms with Gasteiger partial charge < -0.3 is 9.73 Å². The predicted molar refractivity (Wildman–Crippen MR) is 87.8 cm³/mol. The second-order valence-corrected chi connectivity index (χ2v) is 6.87. The molecule has 1 heterocycles. The SMILES string of the molecule is CCNC(=O)CSc1nnc(-c2ccc(C(C)(C)C)cc2)o1. The molecule has 2 rings (SSSR count). The lowest BCUT2D eigenvalue weighted by molar-refractivity contribution is -0.118. The minimum absolute atomic E-state index is 0.0400. The molecule has 22 heavy (non-hydrogen) atoms. The number of hydrogen-bond acceptors (Lipinski definition) is 5. The average Bonchev–Trinajstić information content (AvgIpc) is 2.93. The van der Waals surface area contributed by atoms with E-state index in [0.717, 1.165) is 5.56 Å². The number of rotatable bonds is 5. The Morgan fingerprint density at radius 3 is 2.50 bits per heavy atom. The number of hydrogen-bond donors (Lipinski definition) is 1. The highest BCUT2D eigenvalue weighted by Crippen LogP contribution is 2.27. The average molecular weight is 319 g/mol. The van der Waals surface area contributed by atoms with Gasteiger partial charge >= 0.3 is 0 Å². The largest absolute Gasteiger partial charge is 0.411 e. The molecule has 0 bridgehead atoms. The number of thioether (sulfide) groups is 1. The monoisotopic (exact) mass is 319 g/mol. The van der Waals surface area contributed by atoms with E-state index in [1.165, 1.54) is 17.3 Å². The molecule has 118 valence electrons. The summed E-state index contributed by atoms with van der Waals surface area (Å²) >= 11 is 1.24. The molecule has 0 spiro atoms. The molecule has 1 amide bonds. The standard InChI is InChI=1S/C16H21N3O2S/c1-5-17-13(20)10-22-15-19-18-14(21-15)11-6-8-12(9-7-11)16(2,3)4/h6-9H,5,10H2,1-4H3,(H,17,20). The van der Waals surface area contributed by atoms with E-state index in [1.807, 2.05) is 19.1 Å². The summed E-state index contributed by atoms with van der Waals surface area (Å²) in [7, 11) is 0. The lowest BCUT2D eigenvalue weighted by atomic mass is 9.87. The van der Waals surface area contributed by atoms with Crippen LogP contribution in [0.4, 0.5) is 0 Å². The van der Waals surface area contributed by atoms with Crippen molar-refractivity contribution >= 4 is 17.7 Å². The van der Waals surface area contributed by atoms with Gasteiger partial charge in [0.2, 0.25) is 11.8 Å². The van der Waals surface area contributed by atoms with Gasteiger partial charge in [-0.05, 0) is 30.0 Å². The number of nitrogens with zero attached hydrogens (tertiary/aromatic N) is 2. The van der Waals surface area contributed by atoms with Crippen LogP contribution in [0, 0.1) is 0 Å². The highest BCUT2D eigenvalue weighted by atomic mass is 32.2. The molecule has 0 unspecified atom stereocenters. The Labute approximate surface area is 134 Å². The molecule has 0 aliphatic heterocycles. The van der Waals surface area contributed by atoms with Crippen LogP contribution >= 0.6 is 11.8 Å². The smallest absolute Gasteiger partial charge is 0.277 e. The van der Waals surface area contributed by atoms with Gasteiger partial charge in [0.05, 0.1) is 5.75 Å². The van der Waals surface area contributed by atoms with E-state index in [4.69, 9.17) is 4.42 Å². The summed E-state index contributed by atoms with van der Waals surface area (Å²) in [5.74, 6) is 0.707. The molecule has 2 aromatic rings. The molecule has 1 N–H and O–H groups in total. The van der Waals surface area contributed by atoms with Crippen molar-refractivity contribution in [3.8, 4) is 11.5 Å². The van der Waals surface area contributed by atoms with Crippen LogP contribution in [0.2, 0.25) is 0 Å². The van der Waals surface area contributed by atoms with Crippen LogP contribution in [-0.4, -0.2) is 28.4 Å². The van der Waals surface area contributed by atoms with Crippen molar-refractivity contribution in [3.05, 3.63) is 29.8 Å². The van der Waals surface area contributed by atoms with E-state index in [0.29, 0.717) is 17.7 Å². The zero-order valence-corrected chi connectivity index (χ0v) is 14.2. The molecular formula is C16H21N3O2S. The van der Waals surface area contributed by atoms with Crippen LogP contribution in [0.5, 0.6) is 0 Å². The molecule has 0 saturated carbocycles. The molecule has 6 heteroatoms. The first-order valence-corrected chi connectivity index (χ1v) is 8.22. The Morgan fingerprint density at radius 2 is 1.91 bits per heavy atom. The Kier molecular flexibility index (Phi) is 5.24. The van der Waals surface area contributed by atoms with Crippen LogP contribution in [0.15, 0.2) is 33.9 Å². The maximum Gasteiger partial charge on any atom is 0.277 e. The Hall–Kier alpha value is -1.82. The summed E-state index contributed by atoms with van der Waals surface area (Å²) in [4.78, 5) is 11.4. The fraction of sp³-hybridized carbons (Fsp3) is 0.438. The third kappa shape index (κ3) is 4.34. The van der Waals surface area contributed by atoms with Crippen molar-refractivity contribution in [2.24, 2.45) is 0 Å². The van der Waals surface area contributed by atoms with Crippen LogP contribution in [0.3, 0.4) is 0 Å². The summed E-state index contributed by atoms with van der Waals surface area (Å²) in [6.07, 6.45) is 0. The molecule has 0 radical (unpaired) electrons. The van der Waals surface area contributed by atoms with E-state index in [2.05, 4.69) is 48.4 Å². The topological polar surface area (TPSA) is 68.0 Å². The van der Waals surface area contributed by atoms with Gasteiger partial charge in [-0.3, -0.25) is 4.79 Å².